The van der Waals surface area contributed by atoms with Crippen molar-refractivity contribution in [2.45, 2.75) is 25.3 Å². The summed E-state index contributed by atoms with van der Waals surface area (Å²) < 4.78 is 0.838. The Balaban J connectivity index is 2.04. The second kappa shape index (κ2) is 5.36. The largest absolute Gasteiger partial charge is 0.338 e. The molecule has 1 aliphatic heterocycles. The Morgan fingerprint density at radius 3 is 2.67 bits per heavy atom. The molecule has 1 fully saturated rings. The molecule has 1 aromatic heterocycles. The molecule has 1 amide bonds. The maximum atomic E-state index is 12.3. The van der Waals surface area contributed by atoms with Crippen molar-refractivity contribution >= 4 is 21.8 Å². The zero-order valence-corrected chi connectivity index (χ0v) is 12.3. The van der Waals surface area contributed by atoms with Gasteiger partial charge in [0.2, 0.25) is 0 Å². The van der Waals surface area contributed by atoms with Gasteiger partial charge in [0, 0.05) is 35.5 Å². The molecule has 2 heterocycles. The number of nitrogens with zero attached hydrogens (tertiary/aromatic N) is 2. The average molecular weight is 312 g/mol. The minimum atomic E-state index is 0.0713. The van der Waals surface area contributed by atoms with Gasteiger partial charge in [-0.2, -0.15) is 0 Å². The number of hydrogen-bond donors (Lipinski definition) is 1. The smallest absolute Gasteiger partial charge is 0.255 e. The van der Waals surface area contributed by atoms with Crippen molar-refractivity contribution in [3.05, 3.63) is 28.5 Å². The quantitative estimate of drug-likeness (QED) is 0.909. The summed E-state index contributed by atoms with van der Waals surface area (Å²) in [5, 5.41) is 3.33. The van der Waals surface area contributed by atoms with E-state index in [-0.39, 0.29) is 11.4 Å². The third kappa shape index (κ3) is 2.90. The minimum Gasteiger partial charge on any atom is -0.338 e. The van der Waals surface area contributed by atoms with Crippen LogP contribution in [0.3, 0.4) is 0 Å². The number of nitrogens with one attached hydrogen (secondary N) is 1. The molecule has 0 saturated carbocycles. The Kier molecular flexibility index (Phi) is 4.02. The van der Waals surface area contributed by atoms with Crippen LogP contribution in [-0.4, -0.2) is 41.5 Å². The lowest BCUT2D eigenvalue weighted by Crippen LogP contribution is -2.51. The van der Waals surface area contributed by atoms with Crippen LogP contribution in [0.25, 0.3) is 0 Å². The molecule has 18 heavy (non-hydrogen) atoms. The van der Waals surface area contributed by atoms with Crippen molar-refractivity contribution in [1.29, 1.82) is 0 Å². The van der Waals surface area contributed by atoms with Gasteiger partial charge in [0.15, 0.2) is 0 Å². The molecule has 0 radical (unpaired) electrons. The maximum Gasteiger partial charge on any atom is 0.255 e. The topological polar surface area (TPSA) is 45.2 Å². The van der Waals surface area contributed by atoms with Gasteiger partial charge in [0.25, 0.3) is 5.91 Å². The van der Waals surface area contributed by atoms with Crippen LogP contribution >= 0.6 is 15.9 Å². The minimum absolute atomic E-state index is 0.0713. The first-order chi connectivity index (χ1) is 8.54. The molecule has 2 rings (SSSR count). The van der Waals surface area contributed by atoms with E-state index < -0.39 is 0 Å². The van der Waals surface area contributed by atoms with E-state index in [0.717, 1.165) is 30.4 Å². The van der Waals surface area contributed by atoms with E-state index in [1.165, 1.54) is 0 Å². The van der Waals surface area contributed by atoms with Gasteiger partial charge in [-0.3, -0.25) is 9.78 Å². The van der Waals surface area contributed by atoms with Gasteiger partial charge in [0.05, 0.1) is 5.56 Å². The number of hydrogen-bond acceptors (Lipinski definition) is 3. The van der Waals surface area contributed by atoms with Crippen LogP contribution in [0, 0.1) is 0 Å². The summed E-state index contributed by atoms with van der Waals surface area (Å²) in [5.74, 6) is 0.0713. The Bertz CT molecular complexity index is 442. The van der Waals surface area contributed by atoms with E-state index in [2.05, 4.69) is 33.2 Å². The summed E-state index contributed by atoms with van der Waals surface area (Å²) in [7, 11) is 1.98. The van der Waals surface area contributed by atoms with Gasteiger partial charge >= 0.3 is 0 Å². The predicted molar refractivity (Wildman–Crippen MR) is 74.5 cm³/mol. The van der Waals surface area contributed by atoms with Crippen LogP contribution in [0.4, 0.5) is 0 Å². The molecule has 1 aliphatic rings. The standard InChI is InChI=1S/C13H18BrN3O/c1-13(15-2)3-5-17(6-4-13)12(18)10-7-11(14)9-16-8-10/h7-9,15H,3-6H2,1-2H3. The fourth-order valence-corrected chi connectivity index (χ4v) is 2.53. The third-order valence-electron chi connectivity index (χ3n) is 3.71. The van der Waals surface area contributed by atoms with Crippen molar-refractivity contribution in [3.63, 3.8) is 0 Å². The SMILES string of the molecule is CNC1(C)CCN(C(=O)c2cncc(Br)c2)CC1. The number of carbonyl (C=O) groups is 1. The molecular weight excluding hydrogens is 294 g/mol. The van der Waals surface area contributed by atoms with E-state index >= 15 is 0 Å². The van der Waals surface area contributed by atoms with Crippen LogP contribution in [0.15, 0.2) is 22.9 Å². The first-order valence-corrected chi connectivity index (χ1v) is 6.92. The summed E-state index contributed by atoms with van der Waals surface area (Å²) in [6.07, 6.45) is 5.28. The molecule has 1 N–H and O–H groups in total. The number of aromatic nitrogens is 1. The number of halogens is 1. The zero-order chi connectivity index (χ0) is 13.2. The van der Waals surface area contributed by atoms with E-state index in [1.807, 2.05) is 18.0 Å². The highest BCUT2D eigenvalue weighted by molar-refractivity contribution is 9.10. The average Bonchev–Trinajstić information content (AvgIpc) is 2.39. The Hall–Kier alpha value is -0.940. The van der Waals surface area contributed by atoms with E-state index in [0.29, 0.717) is 5.56 Å². The van der Waals surface area contributed by atoms with Gasteiger partial charge in [-0.15, -0.1) is 0 Å². The van der Waals surface area contributed by atoms with Gasteiger partial charge in [-0.25, -0.2) is 0 Å². The highest BCUT2D eigenvalue weighted by Crippen LogP contribution is 2.22. The molecular formula is C13H18BrN3O. The first-order valence-electron chi connectivity index (χ1n) is 6.13. The summed E-state index contributed by atoms with van der Waals surface area (Å²) in [6.45, 7) is 3.79. The third-order valence-corrected chi connectivity index (χ3v) is 4.14. The van der Waals surface area contributed by atoms with Crippen LogP contribution in [0.5, 0.6) is 0 Å². The normalized spacial score (nSPS) is 18.7. The van der Waals surface area contributed by atoms with Crippen LogP contribution in [0.2, 0.25) is 0 Å². The molecule has 98 valence electrons. The maximum absolute atomic E-state index is 12.3. The summed E-state index contributed by atoms with van der Waals surface area (Å²) in [6, 6.07) is 1.82. The molecule has 4 nitrogen and oxygen atoms in total. The summed E-state index contributed by atoms with van der Waals surface area (Å²) >= 11 is 3.34. The van der Waals surface area contributed by atoms with Gasteiger partial charge < -0.3 is 10.2 Å². The first kappa shape index (κ1) is 13.5. The molecule has 5 heteroatoms. The summed E-state index contributed by atoms with van der Waals surface area (Å²) in [5.41, 5.74) is 0.809. The predicted octanol–water partition coefficient (Wildman–Crippen LogP) is 2.06. The van der Waals surface area contributed by atoms with Gasteiger partial charge in [0.1, 0.15) is 0 Å². The van der Waals surface area contributed by atoms with Crippen molar-refractivity contribution < 1.29 is 4.79 Å². The number of piperidine rings is 1. The second-order valence-corrected chi connectivity index (χ2v) is 5.91. The van der Waals surface area contributed by atoms with Crippen molar-refractivity contribution in [2.75, 3.05) is 20.1 Å². The van der Waals surface area contributed by atoms with Crippen LogP contribution in [0.1, 0.15) is 30.1 Å². The molecule has 1 aromatic rings. The van der Waals surface area contributed by atoms with E-state index in [4.69, 9.17) is 0 Å². The number of carbonyl (C=O) groups excluding carboxylic acids is 1. The molecule has 0 bridgehead atoms. The lowest BCUT2D eigenvalue weighted by Gasteiger charge is -2.39. The zero-order valence-electron chi connectivity index (χ0n) is 10.7. The Morgan fingerprint density at radius 1 is 1.44 bits per heavy atom. The van der Waals surface area contributed by atoms with Crippen molar-refractivity contribution in [3.8, 4) is 0 Å². The number of amides is 1. The fraction of sp³-hybridized carbons (Fsp3) is 0.538. The van der Waals surface area contributed by atoms with E-state index in [9.17, 15) is 4.79 Å². The number of likely N-dealkylation sites (tertiary alicyclic amines) is 1. The molecule has 0 atom stereocenters. The van der Waals surface area contributed by atoms with Crippen LogP contribution < -0.4 is 5.32 Å². The summed E-state index contributed by atoms with van der Waals surface area (Å²) in [4.78, 5) is 18.2. The molecule has 0 aliphatic carbocycles. The Labute approximate surface area is 116 Å². The van der Waals surface area contributed by atoms with Crippen molar-refractivity contribution in [1.82, 2.24) is 15.2 Å². The monoisotopic (exact) mass is 311 g/mol. The highest BCUT2D eigenvalue weighted by Gasteiger charge is 2.30. The number of rotatable bonds is 2. The van der Waals surface area contributed by atoms with Gasteiger partial charge in [-0.1, -0.05) is 0 Å². The lowest BCUT2D eigenvalue weighted by atomic mass is 9.89. The number of pyridine rings is 1. The van der Waals surface area contributed by atoms with E-state index in [1.54, 1.807) is 12.4 Å². The Morgan fingerprint density at radius 2 is 2.11 bits per heavy atom. The second-order valence-electron chi connectivity index (χ2n) is 4.99. The van der Waals surface area contributed by atoms with Crippen molar-refractivity contribution in [2.24, 2.45) is 0 Å². The lowest BCUT2D eigenvalue weighted by molar-refractivity contribution is 0.0661. The molecule has 0 unspecified atom stereocenters. The molecule has 0 spiro atoms. The molecule has 1 saturated heterocycles. The highest BCUT2D eigenvalue weighted by atomic mass is 79.9. The van der Waals surface area contributed by atoms with Gasteiger partial charge in [-0.05, 0) is 48.8 Å². The fourth-order valence-electron chi connectivity index (χ4n) is 2.16. The van der Waals surface area contributed by atoms with Crippen LogP contribution in [-0.2, 0) is 0 Å². The molecule has 0 aromatic carbocycles.